The standard InChI is InChI=1S/C28H36N6O6S/c1-17(32-27(39)21(29)14-19-8-10-20(35)11-9-19)26(38)31-16-24(36)33-23(15-18-6-4-3-5-7-18)28(40)34-22(25(30)37)12-13-41-2/h3-11,15,17,21-22,35H,12-14,16,29H2,1-2H3,(H2,30,37)(H,31,38)(H,32,39)(H,33,36)(H,34,40)/t17-,21+,22+/m1/s1. The van der Waals surface area contributed by atoms with E-state index < -0.39 is 54.2 Å². The summed E-state index contributed by atoms with van der Waals surface area (Å²) in [7, 11) is 0. The molecule has 3 atom stereocenters. The molecule has 0 saturated carbocycles. The van der Waals surface area contributed by atoms with Crippen molar-refractivity contribution in [3.05, 3.63) is 71.4 Å². The second-order valence-electron chi connectivity index (χ2n) is 9.15. The van der Waals surface area contributed by atoms with E-state index in [1.54, 1.807) is 42.5 Å². The molecule has 0 aliphatic rings. The van der Waals surface area contributed by atoms with Crippen LogP contribution in [0.4, 0.5) is 0 Å². The van der Waals surface area contributed by atoms with Gasteiger partial charge in [0.25, 0.3) is 5.91 Å². The number of phenolic OH excluding ortho intramolecular Hbond substituents is 1. The summed E-state index contributed by atoms with van der Waals surface area (Å²) in [6.07, 6.45) is 3.79. The molecule has 0 saturated heterocycles. The Bertz CT molecular complexity index is 1240. The number of rotatable bonds is 15. The SMILES string of the molecule is CSCC[C@H](NC(=O)C(=Cc1ccccc1)NC(=O)CNC(=O)[C@@H](C)NC(=O)[C@@H](N)Cc1ccc(O)cc1)C(N)=O. The van der Waals surface area contributed by atoms with E-state index >= 15 is 0 Å². The Morgan fingerprint density at radius 2 is 1.63 bits per heavy atom. The van der Waals surface area contributed by atoms with Crippen LogP contribution in [-0.4, -0.2) is 71.3 Å². The molecule has 0 bridgehead atoms. The fraction of sp³-hybridized carbons (Fsp3) is 0.321. The second-order valence-corrected chi connectivity index (χ2v) is 10.1. The number of benzene rings is 2. The van der Waals surface area contributed by atoms with Gasteiger partial charge in [0.05, 0.1) is 12.6 Å². The molecule has 2 aromatic carbocycles. The first-order valence-corrected chi connectivity index (χ1v) is 14.2. The quantitative estimate of drug-likeness (QED) is 0.139. The van der Waals surface area contributed by atoms with Gasteiger partial charge < -0.3 is 37.8 Å². The highest BCUT2D eigenvalue weighted by Crippen LogP contribution is 2.11. The van der Waals surface area contributed by atoms with Crippen LogP contribution in [0, 0.1) is 0 Å². The van der Waals surface area contributed by atoms with Crippen LogP contribution in [0.25, 0.3) is 6.08 Å². The molecule has 0 unspecified atom stereocenters. The van der Waals surface area contributed by atoms with Gasteiger partial charge in [-0.3, -0.25) is 24.0 Å². The number of primary amides is 1. The molecule has 2 aromatic rings. The molecule has 0 spiro atoms. The summed E-state index contributed by atoms with van der Waals surface area (Å²) >= 11 is 1.49. The lowest BCUT2D eigenvalue weighted by Crippen LogP contribution is -2.52. The van der Waals surface area contributed by atoms with Crippen molar-refractivity contribution in [2.24, 2.45) is 11.5 Å². The summed E-state index contributed by atoms with van der Waals surface area (Å²) in [6, 6.07) is 12.1. The van der Waals surface area contributed by atoms with Crippen LogP contribution in [0.1, 0.15) is 24.5 Å². The summed E-state index contributed by atoms with van der Waals surface area (Å²) in [5, 5.41) is 19.3. The van der Waals surface area contributed by atoms with Crippen molar-refractivity contribution in [2.75, 3.05) is 18.6 Å². The number of carbonyl (C=O) groups is 5. The smallest absolute Gasteiger partial charge is 0.268 e. The van der Waals surface area contributed by atoms with E-state index in [4.69, 9.17) is 11.5 Å². The molecule has 220 valence electrons. The molecule has 41 heavy (non-hydrogen) atoms. The largest absolute Gasteiger partial charge is 0.508 e. The highest BCUT2D eigenvalue weighted by molar-refractivity contribution is 7.98. The van der Waals surface area contributed by atoms with Crippen LogP contribution >= 0.6 is 11.8 Å². The first-order valence-electron chi connectivity index (χ1n) is 12.8. The van der Waals surface area contributed by atoms with E-state index in [1.165, 1.54) is 36.9 Å². The highest BCUT2D eigenvalue weighted by Gasteiger charge is 2.23. The number of hydrogen-bond acceptors (Lipinski definition) is 8. The first-order chi connectivity index (χ1) is 19.5. The molecular weight excluding hydrogens is 548 g/mol. The average molecular weight is 585 g/mol. The van der Waals surface area contributed by atoms with E-state index in [0.29, 0.717) is 17.7 Å². The Balaban J connectivity index is 1.97. The molecule has 0 fully saturated rings. The van der Waals surface area contributed by atoms with Gasteiger partial charge in [-0.1, -0.05) is 42.5 Å². The van der Waals surface area contributed by atoms with Gasteiger partial charge in [-0.05, 0) is 61.1 Å². The Morgan fingerprint density at radius 1 is 0.976 bits per heavy atom. The van der Waals surface area contributed by atoms with E-state index in [2.05, 4.69) is 21.3 Å². The van der Waals surface area contributed by atoms with E-state index in [0.717, 1.165) is 5.56 Å². The number of aromatic hydroxyl groups is 1. The van der Waals surface area contributed by atoms with E-state index in [-0.39, 0.29) is 17.9 Å². The lowest BCUT2D eigenvalue weighted by Gasteiger charge is -2.18. The van der Waals surface area contributed by atoms with Crippen LogP contribution in [-0.2, 0) is 30.4 Å². The third-order valence-electron chi connectivity index (χ3n) is 5.79. The van der Waals surface area contributed by atoms with Crippen LogP contribution in [0.15, 0.2) is 60.3 Å². The minimum Gasteiger partial charge on any atom is -0.508 e. The van der Waals surface area contributed by atoms with Crippen LogP contribution in [0.2, 0.25) is 0 Å². The number of hydrogen-bond donors (Lipinski definition) is 7. The summed E-state index contributed by atoms with van der Waals surface area (Å²) in [5.41, 5.74) is 12.6. The molecule has 13 heteroatoms. The fourth-order valence-electron chi connectivity index (χ4n) is 3.51. The van der Waals surface area contributed by atoms with Crippen molar-refractivity contribution in [2.45, 2.75) is 37.9 Å². The second kappa shape index (κ2) is 16.7. The van der Waals surface area contributed by atoms with Gasteiger partial charge in [0.2, 0.25) is 23.6 Å². The van der Waals surface area contributed by atoms with Gasteiger partial charge >= 0.3 is 0 Å². The van der Waals surface area contributed by atoms with Crippen molar-refractivity contribution < 1.29 is 29.1 Å². The predicted octanol–water partition coefficient (Wildman–Crippen LogP) is -0.237. The number of phenols is 1. The van der Waals surface area contributed by atoms with Gasteiger partial charge in [0, 0.05) is 0 Å². The Hall–Kier alpha value is -4.36. The van der Waals surface area contributed by atoms with Gasteiger partial charge in [0.15, 0.2) is 0 Å². The Kier molecular flexibility index (Phi) is 13.4. The van der Waals surface area contributed by atoms with Crippen LogP contribution in [0.3, 0.4) is 0 Å². The summed E-state index contributed by atoms with van der Waals surface area (Å²) in [6.45, 7) is 0.939. The molecular formula is C28H36N6O6S. The summed E-state index contributed by atoms with van der Waals surface area (Å²) in [4.78, 5) is 62.4. The minimum absolute atomic E-state index is 0.0884. The highest BCUT2D eigenvalue weighted by atomic mass is 32.2. The molecule has 12 nitrogen and oxygen atoms in total. The Morgan fingerprint density at radius 3 is 2.24 bits per heavy atom. The number of thioether (sulfide) groups is 1. The van der Waals surface area contributed by atoms with Crippen molar-refractivity contribution >= 4 is 47.4 Å². The average Bonchev–Trinajstić information content (AvgIpc) is 2.94. The molecule has 0 aliphatic heterocycles. The molecule has 2 rings (SSSR count). The summed E-state index contributed by atoms with van der Waals surface area (Å²) < 4.78 is 0. The maximum Gasteiger partial charge on any atom is 0.268 e. The van der Waals surface area contributed by atoms with Crippen molar-refractivity contribution in [3.63, 3.8) is 0 Å². The first kappa shape index (κ1) is 32.8. The number of amides is 5. The Labute approximate surface area is 242 Å². The molecule has 0 radical (unpaired) electrons. The van der Waals surface area contributed by atoms with Gasteiger partial charge in [-0.15, -0.1) is 0 Å². The maximum absolute atomic E-state index is 13.0. The molecule has 5 amide bonds. The molecule has 9 N–H and O–H groups in total. The third kappa shape index (κ3) is 11.7. The zero-order valence-corrected chi connectivity index (χ0v) is 23.7. The maximum atomic E-state index is 13.0. The number of carbonyl (C=O) groups excluding carboxylic acids is 5. The van der Waals surface area contributed by atoms with Crippen molar-refractivity contribution in [1.82, 2.24) is 21.3 Å². The van der Waals surface area contributed by atoms with Gasteiger partial charge in [-0.25, -0.2) is 0 Å². The lowest BCUT2D eigenvalue weighted by atomic mass is 10.1. The van der Waals surface area contributed by atoms with Crippen molar-refractivity contribution in [3.8, 4) is 5.75 Å². The molecule has 0 heterocycles. The molecule has 0 aliphatic carbocycles. The van der Waals surface area contributed by atoms with E-state index in [9.17, 15) is 29.1 Å². The minimum atomic E-state index is -1.00. The topological polar surface area (TPSA) is 206 Å². The van der Waals surface area contributed by atoms with Crippen LogP contribution in [0.5, 0.6) is 5.75 Å². The van der Waals surface area contributed by atoms with Gasteiger partial charge in [-0.2, -0.15) is 11.8 Å². The molecule has 0 aromatic heterocycles. The zero-order valence-electron chi connectivity index (χ0n) is 22.9. The zero-order chi connectivity index (χ0) is 30.4. The van der Waals surface area contributed by atoms with Crippen LogP contribution < -0.4 is 32.7 Å². The predicted molar refractivity (Wildman–Crippen MR) is 157 cm³/mol. The third-order valence-corrected chi connectivity index (χ3v) is 6.44. The monoisotopic (exact) mass is 584 g/mol. The normalized spacial score (nSPS) is 13.3. The fourth-order valence-corrected chi connectivity index (χ4v) is 3.98. The van der Waals surface area contributed by atoms with Gasteiger partial charge in [0.1, 0.15) is 23.5 Å². The number of nitrogens with two attached hydrogens (primary N) is 2. The van der Waals surface area contributed by atoms with E-state index in [1.807, 2.05) is 6.26 Å². The lowest BCUT2D eigenvalue weighted by molar-refractivity contribution is -0.130. The summed E-state index contributed by atoms with van der Waals surface area (Å²) in [5.74, 6) is -2.68. The van der Waals surface area contributed by atoms with Crippen molar-refractivity contribution in [1.29, 1.82) is 0 Å². The number of nitrogens with one attached hydrogen (secondary N) is 4.